The predicted octanol–water partition coefficient (Wildman–Crippen LogP) is -1.87. The summed E-state index contributed by atoms with van der Waals surface area (Å²) in [6.07, 6.45) is 0. The van der Waals surface area contributed by atoms with Gasteiger partial charge in [0.05, 0.1) is 18.1 Å². The number of amides is 1. The van der Waals surface area contributed by atoms with Crippen molar-refractivity contribution in [1.29, 1.82) is 0 Å². The van der Waals surface area contributed by atoms with Gasteiger partial charge < -0.3 is 15.4 Å². The highest BCUT2D eigenvalue weighted by molar-refractivity contribution is 7.91. The molecular weight excluding hydrogens is 248 g/mol. The van der Waals surface area contributed by atoms with Gasteiger partial charge in [0.15, 0.2) is 15.9 Å². The molecule has 1 aliphatic rings. The normalized spacial score (nSPS) is 20.7. The quantitative estimate of drug-likeness (QED) is 0.473. The number of rotatable bonds is 3. The van der Waals surface area contributed by atoms with Gasteiger partial charge in [0.1, 0.15) is 0 Å². The summed E-state index contributed by atoms with van der Waals surface area (Å²) in [5.74, 6) is -1.55. The third-order valence-electron chi connectivity index (χ3n) is 2.46. The van der Waals surface area contributed by atoms with Crippen molar-refractivity contribution in [1.82, 2.24) is 4.90 Å². The summed E-state index contributed by atoms with van der Waals surface area (Å²) in [7, 11) is -3.06. The van der Waals surface area contributed by atoms with Gasteiger partial charge in [-0.2, -0.15) is 0 Å². The highest BCUT2D eigenvalue weighted by atomic mass is 32.2. The summed E-state index contributed by atoms with van der Waals surface area (Å²) in [6.45, 7) is 1.92. The standard InChI is InChI=1S/C9H16N2O5S/c1-2-16-9(13)7(10)8(12)11-3-5-17(14,15)6-4-11/h7H,2-6,10H2,1H3. The Morgan fingerprint density at radius 3 is 2.35 bits per heavy atom. The van der Waals surface area contributed by atoms with Crippen molar-refractivity contribution >= 4 is 21.7 Å². The number of carbonyl (C=O) groups excluding carboxylic acids is 2. The molecule has 0 radical (unpaired) electrons. The van der Waals surface area contributed by atoms with E-state index in [2.05, 4.69) is 4.74 Å². The van der Waals surface area contributed by atoms with Crippen molar-refractivity contribution < 1.29 is 22.7 Å². The van der Waals surface area contributed by atoms with E-state index in [0.29, 0.717) is 0 Å². The maximum Gasteiger partial charge on any atom is 0.332 e. The third-order valence-corrected chi connectivity index (χ3v) is 4.07. The number of carbonyl (C=O) groups is 2. The molecule has 8 heteroatoms. The van der Waals surface area contributed by atoms with Gasteiger partial charge in [-0.25, -0.2) is 13.2 Å². The average molecular weight is 264 g/mol. The Labute approximate surface area is 99.8 Å². The van der Waals surface area contributed by atoms with Gasteiger partial charge in [0, 0.05) is 13.1 Å². The minimum Gasteiger partial charge on any atom is -0.464 e. The van der Waals surface area contributed by atoms with Crippen molar-refractivity contribution in [3.63, 3.8) is 0 Å². The Hall–Kier alpha value is -1.15. The van der Waals surface area contributed by atoms with Gasteiger partial charge in [-0.1, -0.05) is 0 Å². The first-order chi connectivity index (χ1) is 7.87. The van der Waals surface area contributed by atoms with Crippen LogP contribution in [-0.4, -0.2) is 62.4 Å². The van der Waals surface area contributed by atoms with Crippen LogP contribution in [0.4, 0.5) is 0 Å². The number of sulfone groups is 1. The molecule has 1 unspecified atom stereocenters. The molecule has 17 heavy (non-hydrogen) atoms. The maximum atomic E-state index is 11.7. The molecule has 7 nitrogen and oxygen atoms in total. The van der Waals surface area contributed by atoms with Crippen LogP contribution in [0.1, 0.15) is 6.92 Å². The van der Waals surface area contributed by atoms with Crippen LogP contribution in [-0.2, 0) is 24.2 Å². The highest BCUT2D eigenvalue weighted by Gasteiger charge is 2.32. The van der Waals surface area contributed by atoms with E-state index in [1.54, 1.807) is 6.92 Å². The van der Waals surface area contributed by atoms with E-state index in [0.717, 1.165) is 0 Å². The molecule has 1 heterocycles. The first-order valence-corrected chi connectivity index (χ1v) is 7.11. The van der Waals surface area contributed by atoms with Crippen LogP contribution in [0.15, 0.2) is 0 Å². The lowest BCUT2D eigenvalue weighted by Gasteiger charge is -2.28. The molecule has 0 aromatic carbocycles. The van der Waals surface area contributed by atoms with Gasteiger partial charge in [-0.15, -0.1) is 0 Å². The first kappa shape index (κ1) is 13.9. The van der Waals surface area contributed by atoms with Crippen LogP contribution >= 0.6 is 0 Å². The zero-order chi connectivity index (χ0) is 13.1. The Bertz CT molecular complexity index is 392. The summed E-state index contributed by atoms with van der Waals surface area (Å²) in [5, 5.41) is 0. The van der Waals surface area contributed by atoms with Crippen molar-refractivity contribution in [2.45, 2.75) is 13.0 Å². The van der Waals surface area contributed by atoms with Gasteiger partial charge in [-0.05, 0) is 6.92 Å². The van der Waals surface area contributed by atoms with Gasteiger partial charge >= 0.3 is 5.97 Å². The van der Waals surface area contributed by atoms with E-state index >= 15 is 0 Å². The molecule has 0 aliphatic carbocycles. The van der Waals surface area contributed by atoms with E-state index < -0.39 is 27.8 Å². The topological polar surface area (TPSA) is 107 Å². The van der Waals surface area contributed by atoms with Gasteiger partial charge in [0.2, 0.25) is 0 Å². The number of nitrogens with two attached hydrogens (primary N) is 1. The number of esters is 1. The molecule has 0 spiro atoms. The zero-order valence-electron chi connectivity index (χ0n) is 9.59. The fourth-order valence-electron chi connectivity index (χ4n) is 1.46. The minimum absolute atomic E-state index is 0.0777. The molecule has 0 aromatic rings. The Kier molecular flexibility index (Phi) is 4.47. The lowest BCUT2D eigenvalue weighted by Crippen LogP contribution is -2.53. The molecular formula is C9H16N2O5S. The van der Waals surface area contributed by atoms with Crippen molar-refractivity contribution in [3.8, 4) is 0 Å². The lowest BCUT2D eigenvalue weighted by atomic mass is 10.2. The number of ether oxygens (including phenoxy) is 1. The number of hydrogen-bond donors (Lipinski definition) is 1. The summed E-state index contributed by atoms with van der Waals surface area (Å²) >= 11 is 0. The summed E-state index contributed by atoms with van der Waals surface area (Å²) < 4.78 is 27.0. The summed E-state index contributed by atoms with van der Waals surface area (Å²) in [6, 6.07) is -1.37. The molecule has 1 rings (SSSR count). The Morgan fingerprint density at radius 2 is 1.88 bits per heavy atom. The van der Waals surface area contributed by atoms with Crippen LogP contribution in [0, 0.1) is 0 Å². The molecule has 1 saturated heterocycles. The fourth-order valence-corrected chi connectivity index (χ4v) is 2.66. The van der Waals surface area contributed by atoms with E-state index in [9.17, 15) is 18.0 Å². The third kappa shape index (κ3) is 3.67. The van der Waals surface area contributed by atoms with Crippen molar-refractivity contribution in [2.24, 2.45) is 5.73 Å². The highest BCUT2D eigenvalue weighted by Crippen LogP contribution is 2.05. The molecule has 2 N–H and O–H groups in total. The second-order valence-electron chi connectivity index (χ2n) is 3.71. The summed E-state index contributed by atoms with van der Waals surface area (Å²) in [5.41, 5.74) is 5.43. The second-order valence-corrected chi connectivity index (χ2v) is 6.01. The van der Waals surface area contributed by atoms with E-state index in [4.69, 9.17) is 5.73 Å². The molecule has 0 bridgehead atoms. The Balaban J connectivity index is 2.57. The van der Waals surface area contributed by atoms with Crippen LogP contribution in [0.3, 0.4) is 0 Å². The van der Waals surface area contributed by atoms with E-state index in [1.807, 2.05) is 0 Å². The number of nitrogens with zero attached hydrogens (tertiary/aromatic N) is 1. The zero-order valence-corrected chi connectivity index (χ0v) is 10.4. The van der Waals surface area contributed by atoms with Crippen LogP contribution in [0.5, 0.6) is 0 Å². The van der Waals surface area contributed by atoms with Crippen LogP contribution in [0.25, 0.3) is 0 Å². The fraction of sp³-hybridized carbons (Fsp3) is 0.778. The average Bonchev–Trinajstić information content (AvgIpc) is 2.27. The number of hydrogen-bond acceptors (Lipinski definition) is 6. The monoisotopic (exact) mass is 264 g/mol. The predicted molar refractivity (Wildman–Crippen MR) is 59.8 cm³/mol. The largest absolute Gasteiger partial charge is 0.464 e. The van der Waals surface area contributed by atoms with E-state index in [1.165, 1.54) is 4.90 Å². The molecule has 1 atom stereocenters. The summed E-state index contributed by atoms with van der Waals surface area (Å²) in [4.78, 5) is 24.3. The van der Waals surface area contributed by atoms with Gasteiger partial charge in [-0.3, -0.25) is 4.79 Å². The lowest BCUT2D eigenvalue weighted by molar-refractivity contribution is -0.150. The minimum atomic E-state index is -3.06. The molecule has 1 fully saturated rings. The molecule has 0 aromatic heterocycles. The molecule has 1 aliphatic heterocycles. The smallest absolute Gasteiger partial charge is 0.332 e. The molecule has 98 valence electrons. The second kappa shape index (κ2) is 5.46. The first-order valence-electron chi connectivity index (χ1n) is 5.29. The maximum absolute atomic E-state index is 11.7. The van der Waals surface area contributed by atoms with Crippen LogP contribution in [0.2, 0.25) is 0 Å². The van der Waals surface area contributed by atoms with E-state index in [-0.39, 0.29) is 31.2 Å². The van der Waals surface area contributed by atoms with Crippen molar-refractivity contribution in [3.05, 3.63) is 0 Å². The SMILES string of the molecule is CCOC(=O)C(N)C(=O)N1CCS(=O)(=O)CC1. The van der Waals surface area contributed by atoms with Gasteiger partial charge in [0.25, 0.3) is 5.91 Å². The van der Waals surface area contributed by atoms with Crippen LogP contribution < -0.4 is 5.73 Å². The molecule has 0 saturated carbocycles. The Morgan fingerprint density at radius 1 is 1.35 bits per heavy atom. The van der Waals surface area contributed by atoms with Crippen molar-refractivity contribution in [2.75, 3.05) is 31.2 Å². The molecule has 1 amide bonds.